The SMILES string of the molecule is CNC(Cc1cc(Br)ccc1OC)c1cccc(OC)c1. The van der Waals surface area contributed by atoms with Crippen molar-refractivity contribution in [3.8, 4) is 11.5 Å². The van der Waals surface area contributed by atoms with Crippen LogP contribution in [0.4, 0.5) is 0 Å². The van der Waals surface area contributed by atoms with E-state index in [-0.39, 0.29) is 6.04 Å². The summed E-state index contributed by atoms with van der Waals surface area (Å²) in [5.74, 6) is 1.77. The van der Waals surface area contributed by atoms with Crippen LogP contribution < -0.4 is 14.8 Å². The third-order valence-electron chi connectivity index (χ3n) is 3.51. The zero-order valence-corrected chi connectivity index (χ0v) is 14.1. The van der Waals surface area contributed by atoms with Crippen molar-refractivity contribution in [2.45, 2.75) is 12.5 Å². The molecular weight excluding hydrogens is 330 g/mol. The van der Waals surface area contributed by atoms with Crippen molar-refractivity contribution in [2.75, 3.05) is 21.3 Å². The second-order valence-electron chi connectivity index (χ2n) is 4.78. The van der Waals surface area contributed by atoms with E-state index in [1.807, 2.05) is 31.3 Å². The molecule has 0 saturated heterocycles. The fourth-order valence-electron chi connectivity index (χ4n) is 2.37. The van der Waals surface area contributed by atoms with Crippen LogP contribution in [-0.4, -0.2) is 21.3 Å². The van der Waals surface area contributed by atoms with Crippen LogP contribution in [0.2, 0.25) is 0 Å². The van der Waals surface area contributed by atoms with E-state index in [1.54, 1.807) is 14.2 Å². The van der Waals surface area contributed by atoms with Crippen LogP contribution in [0.15, 0.2) is 46.9 Å². The molecule has 2 aromatic carbocycles. The normalized spacial score (nSPS) is 12.0. The minimum absolute atomic E-state index is 0.197. The number of nitrogens with one attached hydrogen (secondary N) is 1. The molecule has 112 valence electrons. The monoisotopic (exact) mass is 349 g/mol. The van der Waals surface area contributed by atoms with Gasteiger partial charge < -0.3 is 14.8 Å². The largest absolute Gasteiger partial charge is 0.497 e. The quantitative estimate of drug-likeness (QED) is 0.855. The lowest BCUT2D eigenvalue weighted by atomic mass is 9.98. The van der Waals surface area contributed by atoms with Crippen molar-refractivity contribution in [3.05, 3.63) is 58.1 Å². The Morgan fingerprint density at radius 1 is 1.10 bits per heavy atom. The van der Waals surface area contributed by atoms with Crippen molar-refractivity contribution < 1.29 is 9.47 Å². The summed E-state index contributed by atoms with van der Waals surface area (Å²) >= 11 is 3.52. The summed E-state index contributed by atoms with van der Waals surface area (Å²) in [5.41, 5.74) is 2.35. The van der Waals surface area contributed by atoms with Gasteiger partial charge in [0.1, 0.15) is 11.5 Å². The Kier molecular flexibility index (Phi) is 5.65. The van der Waals surface area contributed by atoms with Gasteiger partial charge in [-0.1, -0.05) is 28.1 Å². The van der Waals surface area contributed by atoms with Crippen LogP contribution in [0.3, 0.4) is 0 Å². The summed E-state index contributed by atoms with van der Waals surface area (Å²) in [6.07, 6.45) is 0.840. The topological polar surface area (TPSA) is 30.5 Å². The highest BCUT2D eigenvalue weighted by atomic mass is 79.9. The maximum atomic E-state index is 5.45. The van der Waals surface area contributed by atoms with E-state index in [0.717, 1.165) is 28.0 Å². The molecule has 0 aliphatic rings. The summed E-state index contributed by atoms with van der Waals surface area (Å²) in [5, 5.41) is 3.36. The maximum Gasteiger partial charge on any atom is 0.122 e. The molecule has 21 heavy (non-hydrogen) atoms. The Morgan fingerprint density at radius 3 is 2.57 bits per heavy atom. The summed E-state index contributed by atoms with van der Waals surface area (Å²) in [6.45, 7) is 0. The molecule has 0 aliphatic carbocycles. The van der Waals surface area contributed by atoms with Gasteiger partial charge in [0, 0.05) is 10.5 Å². The molecule has 1 N–H and O–H groups in total. The number of benzene rings is 2. The van der Waals surface area contributed by atoms with Gasteiger partial charge in [-0.3, -0.25) is 0 Å². The van der Waals surface area contributed by atoms with Crippen LogP contribution >= 0.6 is 15.9 Å². The van der Waals surface area contributed by atoms with Crippen LogP contribution in [0, 0.1) is 0 Å². The van der Waals surface area contributed by atoms with E-state index in [4.69, 9.17) is 9.47 Å². The molecular formula is C17H20BrNO2. The second kappa shape index (κ2) is 7.48. The average molecular weight is 350 g/mol. The van der Waals surface area contributed by atoms with Crippen molar-refractivity contribution in [1.82, 2.24) is 5.32 Å². The molecule has 3 nitrogen and oxygen atoms in total. The van der Waals surface area contributed by atoms with Crippen molar-refractivity contribution in [3.63, 3.8) is 0 Å². The fourth-order valence-corrected chi connectivity index (χ4v) is 2.78. The highest BCUT2D eigenvalue weighted by molar-refractivity contribution is 9.10. The fraction of sp³-hybridized carbons (Fsp3) is 0.294. The van der Waals surface area contributed by atoms with Gasteiger partial charge in [-0.05, 0) is 54.9 Å². The summed E-state index contributed by atoms with van der Waals surface area (Å²) < 4.78 is 11.8. The Labute approximate surface area is 134 Å². The zero-order chi connectivity index (χ0) is 15.2. The van der Waals surface area contributed by atoms with Gasteiger partial charge in [0.05, 0.1) is 14.2 Å². The predicted molar refractivity (Wildman–Crippen MR) is 89.2 cm³/mol. The van der Waals surface area contributed by atoms with Crippen LogP contribution in [0.1, 0.15) is 17.2 Å². The minimum Gasteiger partial charge on any atom is -0.497 e. The lowest BCUT2D eigenvalue weighted by Gasteiger charge is -2.19. The molecule has 0 heterocycles. The first kappa shape index (κ1) is 15.9. The number of ether oxygens (including phenoxy) is 2. The van der Waals surface area contributed by atoms with E-state index in [9.17, 15) is 0 Å². The molecule has 0 bridgehead atoms. The third kappa shape index (κ3) is 3.99. The van der Waals surface area contributed by atoms with E-state index < -0.39 is 0 Å². The minimum atomic E-state index is 0.197. The molecule has 0 fully saturated rings. The number of hydrogen-bond donors (Lipinski definition) is 1. The number of likely N-dealkylation sites (N-methyl/N-ethyl adjacent to an activating group) is 1. The second-order valence-corrected chi connectivity index (χ2v) is 5.69. The van der Waals surface area contributed by atoms with Gasteiger partial charge in [0.15, 0.2) is 0 Å². The molecule has 1 atom stereocenters. The van der Waals surface area contributed by atoms with Crippen LogP contribution in [-0.2, 0) is 6.42 Å². The zero-order valence-electron chi connectivity index (χ0n) is 12.5. The standard InChI is InChI=1S/C17H20BrNO2/c1-19-16(12-5-4-6-15(10-12)20-2)11-13-9-14(18)7-8-17(13)21-3/h4-10,16,19H,11H2,1-3H3. The summed E-state index contributed by atoms with van der Waals surface area (Å²) in [6, 6.07) is 14.4. The first-order valence-corrected chi connectivity index (χ1v) is 7.61. The molecule has 2 rings (SSSR count). The number of methoxy groups -OCH3 is 2. The van der Waals surface area contributed by atoms with Crippen LogP contribution in [0.25, 0.3) is 0 Å². The molecule has 0 radical (unpaired) electrons. The Morgan fingerprint density at radius 2 is 1.90 bits per heavy atom. The summed E-state index contributed by atoms with van der Waals surface area (Å²) in [4.78, 5) is 0. The predicted octanol–water partition coefficient (Wildman–Crippen LogP) is 3.97. The molecule has 2 aromatic rings. The molecule has 0 amide bonds. The van der Waals surface area contributed by atoms with Gasteiger partial charge >= 0.3 is 0 Å². The highest BCUT2D eigenvalue weighted by Crippen LogP contribution is 2.29. The molecule has 0 saturated carbocycles. The van der Waals surface area contributed by atoms with Crippen LogP contribution in [0.5, 0.6) is 11.5 Å². The smallest absolute Gasteiger partial charge is 0.122 e. The van der Waals surface area contributed by atoms with Crippen molar-refractivity contribution in [1.29, 1.82) is 0 Å². The Bertz CT molecular complexity index is 601. The van der Waals surface area contributed by atoms with Crippen molar-refractivity contribution >= 4 is 15.9 Å². The average Bonchev–Trinajstić information content (AvgIpc) is 2.52. The van der Waals surface area contributed by atoms with E-state index in [2.05, 4.69) is 39.4 Å². The molecule has 1 unspecified atom stereocenters. The van der Waals surface area contributed by atoms with Gasteiger partial charge in [-0.15, -0.1) is 0 Å². The van der Waals surface area contributed by atoms with Crippen molar-refractivity contribution in [2.24, 2.45) is 0 Å². The lowest BCUT2D eigenvalue weighted by molar-refractivity contribution is 0.405. The number of hydrogen-bond acceptors (Lipinski definition) is 3. The molecule has 0 aliphatic heterocycles. The first-order chi connectivity index (χ1) is 10.2. The lowest BCUT2D eigenvalue weighted by Crippen LogP contribution is -2.19. The van der Waals surface area contributed by atoms with E-state index in [0.29, 0.717) is 0 Å². The number of rotatable bonds is 6. The van der Waals surface area contributed by atoms with Gasteiger partial charge in [-0.25, -0.2) is 0 Å². The van der Waals surface area contributed by atoms with Gasteiger partial charge in [-0.2, -0.15) is 0 Å². The Hall–Kier alpha value is -1.52. The molecule has 4 heteroatoms. The Balaban J connectivity index is 2.28. The number of halogens is 1. The van der Waals surface area contributed by atoms with E-state index >= 15 is 0 Å². The highest BCUT2D eigenvalue weighted by Gasteiger charge is 2.14. The first-order valence-electron chi connectivity index (χ1n) is 6.81. The molecule has 0 spiro atoms. The van der Waals surface area contributed by atoms with Gasteiger partial charge in [0.2, 0.25) is 0 Å². The van der Waals surface area contributed by atoms with Gasteiger partial charge in [0.25, 0.3) is 0 Å². The van der Waals surface area contributed by atoms with E-state index in [1.165, 1.54) is 5.56 Å². The maximum absolute atomic E-state index is 5.45. The third-order valence-corrected chi connectivity index (χ3v) is 4.00. The molecule has 0 aromatic heterocycles. The summed E-state index contributed by atoms with van der Waals surface area (Å²) in [7, 11) is 5.35.